The van der Waals surface area contributed by atoms with Crippen LogP contribution in [-0.4, -0.2) is 42.9 Å². The van der Waals surface area contributed by atoms with E-state index < -0.39 is 17.6 Å². The molecule has 0 N–H and O–H groups in total. The van der Waals surface area contributed by atoms with E-state index in [1.807, 2.05) is 4.90 Å². The fraction of sp³-hybridized carbons (Fsp3) is 0.391. The minimum Gasteiger partial charge on any atom is -0.486 e. The lowest BCUT2D eigenvalue weighted by Gasteiger charge is -2.31. The SMILES string of the molecule is O=C(COc1ccc(Cl)c(F)c1)CN1CCC(CCC(=O)Oc2ccc(Cl)c(F)c2)CC1. The first-order chi connectivity index (χ1) is 15.3. The Kier molecular flexibility index (Phi) is 8.84. The van der Waals surface area contributed by atoms with Gasteiger partial charge in [-0.25, -0.2) is 8.78 Å². The Morgan fingerprint density at radius 2 is 1.56 bits per heavy atom. The first kappa shape index (κ1) is 24.4. The number of ketones is 1. The molecule has 0 saturated carbocycles. The van der Waals surface area contributed by atoms with Crippen LogP contribution in [0, 0.1) is 17.6 Å². The Morgan fingerprint density at radius 3 is 2.19 bits per heavy atom. The highest BCUT2D eigenvalue weighted by Crippen LogP contribution is 2.24. The van der Waals surface area contributed by atoms with Crippen LogP contribution in [0.25, 0.3) is 0 Å². The minimum absolute atomic E-state index is 0.00122. The van der Waals surface area contributed by atoms with Crippen LogP contribution in [0.3, 0.4) is 0 Å². The number of esters is 1. The quantitative estimate of drug-likeness (QED) is 0.355. The molecule has 0 spiro atoms. The smallest absolute Gasteiger partial charge is 0.311 e. The van der Waals surface area contributed by atoms with Gasteiger partial charge in [0.2, 0.25) is 0 Å². The maximum absolute atomic E-state index is 13.4. The number of Topliss-reactive ketones (excluding diaryl/α,β-unsaturated/α-hetero) is 1. The lowest BCUT2D eigenvalue weighted by atomic mass is 9.92. The fourth-order valence-electron chi connectivity index (χ4n) is 3.50. The van der Waals surface area contributed by atoms with Gasteiger partial charge in [-0.3, -0.25) is 14.5 Å². The largest absolute Gasteiger partial charge is 0.486 e. The summed E-state index contributed by atoms with van der Waals surface area (Å²) in [6.07, 6.45) is 2.63. The molecule has 172 valence electrons. The van der Waals surface area contributed by atoms with Crippen LogP contribution in [0.1, 0.15) is 25.7 Å². The molecular weight excluding hydrogens is 463 g/mol. The predicted octanol–water partition coefficient (Wildman–Crippen LogP) is 5.32. The van der Waals surface area contributed by atoms with Crippen molar-refractivity contribution in [3.05, 3.63) is 58.1 Å². The fourth-order valence-corrected chi connectivity index (χ4v) is 3.74. The van der Waals surface area contributed by atoms with Crippen LogP contribution >= 0.6 is 23.2 Å². The molecule has 2 aromatic rings. The molecule has 1 aliphatic rings. The molecule has 0 amide bonds. The van der Waals surface area contributed by atoms with Crippen molar-refractivity contribution in [3.63, 3.8) is 0 Å². The summed E-state index contributed by atoms with van der Waals surface area (Å²) in [5, 5.41) is -0.0286. The molecular formula is C23H23Cl2F2NO4. The molecule has 0 atom stereocenters. The van der Waals surface area contributed by atoms with Gasteiger partial charge in [0.05, 0.1) is 16.6 Å². The number of hydrogen-bond acceptors (Lipinski definition) is 5. The number of halogens is 4. The Balaban J connectivity index is 1.32. The summed E-state index contributed by atoms with van der Waals surface area (Å²) in [4.78, 5) is 26.2. The molecule has 3 rings (SSSR count). The Morgan fingerprint density at radius 1 is 0.969 bits per heavy atom. The molecule has 0 unspecified atom stereocenters. The van der Waals surface area contributed by atoms with Crippen molar-refractivity contribution >= 4 is 35.0 Å². The summed E-state index contributed by atoms with van der Waals surface area (Å²) in [7, 11) is 0. The van der Waals surface area contributed by atoms with Gasteiger partial charge < -0.3 is 9.47 Å². The van der Waals surface area contributed by atoms with Gasteiger partial charge in [-0.2, -0.15) is 0 Å². The van der Waals surface area contributed by atoms with Gasteiger partial charge in [-0.15, -0.1) is 0 Å². The topological polar surface area (TPSA) is 55.8 Å². The van der Waals surface area contributed by atoms with E-state index in [9.17, 15) is 18.4 Å². The van der Waals surface area contributed by atoms with Crippen molar-refractivity contribution in [2.75, 3.05) is 26.2 Å². The summed E-state index contributed by atoms with van der Waals surface area (Å²) >= 11 is 11.2. The van der Waals surface area contributed by atoms with E-state index in [4.69, 9.17) is 32.7 Å². The number of benzene rings is 2. The number of ether oxygens (including phenoxy) is 2. The molecule has 1 fully saturated rings. The third-order valence-corrected chi connectivity index (χ3v) is 5.89. The van der Waals surface area contributed by atoms with Gasteiger partial charge in [0.15, 0.2) is 5.78 Å². The van der Waals surface area contributed by atoms with E-state index >= 15 is 0 Å². The van der Waals surface area contributed by atoms with Crippen molar-refractivity contribution in [3.8, 4) is 11.5 Å². The molecule has 1 saturated heterocycles. The Labute approximate surface area is 195 Å². The molecule has 32 heavy (non-hydrogen) atoms. The van der Waals surface area contributed by atoms with Gasteiger partial charge in [0.1, 0.15) is 29.7 Å². The highest BCUT2D eigenvalue weighted by molar-refractivity contribution is 6.31. The zero-order valence-corrected chi connectivity index (χ0v) is 18.8. The second-order valence-corrected chi connectivity index (χ2v) is 8.53. The average Bonchev–Trinajstić information content (AvgIpc) is 2.77. The second-order valence-electron chi connectivity index (χ2n) is 7.71. The van der Waals surface area contributed by atoms with Crippen molar-refractivity contribution in [1.29, 1.82) is 0 Å². The van der Waals surface area contributed by atoms with Crippen molar-refractivity contribution in [2.45, 2.75) is 25.7 Å². The highest BCUT2D eigenvalue weighted by atomic mass is 35.5. The zero-order valence-electron chi connectivity index (χ0n) is 17.3. The van der Waals surface area contributed by atoms with E-state index in [2.05, 4.69) is 0 Å². The Hall–Kier alpha value is -2.22. The van der Waals surface area contributed by atoms with E-state index in [1.54, 1.807) is 0 Å². The van der Waals surface area contributed by atoms with Crippen molar-refractivity contribution in [2.24, 2.45) is 5.92 Å². The van der Waals surface area contributed by atoms with E-state index in [0.717, 1.165) is 38.1 Å². The summed E-state index contributed by atoms with van der Waals surface area (Å²) in [5.74, 6) is -1.00. The van der Waals surface area contributed by atoms with Gasteiger partial charge >= 0.3 is 5.97 Å². The minimum atomic E-state index is -0.635. The monoisotopic (exact) mass is 485 g/mol. The number of hydrogen-bond donors (Lipinski definition) is 0. The maximum atomic E-state index is 13.4. The second kappa shape index (κ2) is 11.6. The van der Waals surface area contributed by atoms with E-state index in [-0.39, 0.29) is 46.9 Å². The number of carbonyl (C=O) groups excluding carboxylic acids is 2. The van der Waals surface area contributed by atoms with Gasteiger partial charge in [0.25, 0.3) is 0 Å². The standard InChI is InChI=1S/C23H23Cl2F2NO4/c24-19-4-2-17(11-21(19)26)31-14-16(29)13-28-9-7-15(8-10-28)1-6-23(30)32-18-3-5-20(25)22(27)12-18/h2-5,11-12,15H,1,6-10,13-14H2. The molecule has 0 aliphatic carbocycles. The average molecular weight is 486 g/mol. The Bertz CT molecular complexity index is 965. The zero-order chi connectivity index (χ0) is 23.1. The van der Waals surface area contributed by atoms with E-state index in [1.165, 1.54) is 24.3 Å². The first-order valence-electron chi connectivity index (χ1n) is 10.3. The molecule has 0 bridgehead atoms. The summed E-state index contributed by atoms with van der Waals surface area (Å²) in [6.45, 7) is 1.60. The number of likely N-dealkylation sites (tertiary alicyclic amines) is 1. The molecule has 0 aromatic heterocycles. The number of rotatable bonds is 9. The highest BCUT2D eigenvalue weighted by Gasteiger charge is 2.22. The van der Waals surface area contributed by atoms with Crippen LogP contribution < -0.4 is 9.47 Å². The molecule has 1 aliphatic heterocycles. The lowest BCUT2D eigenvalue weighted by molar-refractivity contribution is -0.134. The summed E-state index contributed by atoms with van der Waals surface area (Å²) < 4.78 is 37.3. The van der Waals surface area contributed by atoms with Crippen LogP contribution in [0.2, 0.25) is 10.0 Å². The number of piperidine rings is 1. The van der Waals surface area contributed by atoms with Crippen LogP contribution in [0.15, 0.2) is 36.4 Å². The van der Waals surface area contributed by atoms with Crippen LogP contribution in [0.4, 0.5) is 8.78 Å². The number of carbonyl (C=O) groups is 2. The molecule has 1 heterocycles. The molecule has 9 heteroatoms. The summed E-state index contributed by atoms with van der Waals surface area (Å²) in [6, 6.07) is 7.92. The molecule has 2 aromatic carbocycles. The van der Waals surface area contributed by atoms with Crippen molar-refractivity contribution in [1.82, 2.24) is 4.90 Å². The van der Waals surface area contributed by atoms with Crippen molar-refractivity contribution < 1.29 is 27.8 Å². The third kappa shape index (κ3) is 7.43. The van der Waals surface area contributed by atoms with Crippen LogP contribution in [-0.2, 0) is 9.59 Å². The van der Waals surface area contributed by atoms with E-state index in [0.29, 0.717) is 12.3 Å². The molecule has 0 radical (unpaired) electrons. The van der Waals surface area contributed by atoms with Gasteiger partial charge in [-0.05, 0) is 62.5 Å². The first-order valence-corrected chi connectivity index (χ1v) is 11.0. The lowest BCUT2D eigenvalue weighted by Crippen LogP contribution is -2.38. The third-order valence-electron chi connectivity index (χ3n) is 5.28. The normalized spacial score (nSPS) is 14.9. The maximum Gasteiger partial charge on any atom is 0.311 e. The predicted molar refractivity (Wildman–Crippen MR) is 117 cm³/mol. The number of nitrogens with zero attached hydrogens (tertiary/aromatic N) is 1. The molecule has 5 nitrogen and oxygen atoms in total. The van der Waals surface area contributed by atoms with Gasteiger partial charge in [-0.1, -0.05) is 23.2 Å². The summed E-state index contributed by atoms with van der Waals surface area (Å²) in [5.41, 5.74) is 0. The van der Waals surface area contributed by atoms with Gasteiger partial charge in [0, 0.05) is 18.6 Å². The van der Waals surface area contributed by atoms with Crippen LogP contribution in [0.5, 0.6) is 11.5 Å².